The highest BCUT2D eigenvalue weighted by Gasteiger charge is 2.23. The van der Waals surface area contributed by atoms with Crippen LogP contribution in [0, 0.1) is 0 Å². The Bertz CT molecular complexity index is 823. The maximum Gasteiger partial charge on any atom is 0.267 e. The van der Waals surface area contributed by atoms with E-state index in [2.05, 4.69) is 5.32 Å². The third-order valence-electron chi connectivity index (χ3n) is 3.30. The minimum absolute atomic E-state index is 0.217. The minimum atomic E-state index is -0.805. The van der Waals surface area contributed by atoms with Crippen LogP contribution in [-0.4, -0.2) is 35.0 Å². The molecule has 7 heteroatoms. The number of ether oxygens (including phenoxy) is 1. The number of carbonyl (C=O) groups excluding carboxylic acids is 2. The number of pyridine rings is 1. The van der Waals surface area contributed by atoms with Crippen molar-refractivity contribution in [2.24, 2.45) is 7.05 Å². The van der Waals surface area contributed by atoms with Crippen LogP contribution in [0.4, 0.5) is 0 Å². The number of carbonyl (C=O) groups is 2. The van der Waals surface area contributed by atoms with Gasteiger partial charge >= 0.3 is 0 Å². The third-order valence-corrected chi connectivity index (χ3v) is 3.30. The lowest BCUT2D eigenvalue weighted by Gasteiger charge is -2.13. The number of amides is 1. The quantitative estimate of drug-likeness (QED) is 0.860. The van der Waals surface area contributed by atoms with Crippen molar-refractivity contribution < 1.29 is 19.4 Å². The zero-order valence-electron chi connectivity index (χ0n) is 12.5. The van der Waals surface area contributed by atoms with Gasteiger partial charge in [-0.1, -0.05) is 6.07 Å². The minimum Gasteiger partial charge on any atom is -0.506 e. The molecule has 116 valence electrons. The Hall–Kier alpha value is -2.83. The number of ketones is 1. The Morgan fingerprint density at radius 1 is 1.36 bits per heavy atom. The van der Waals surface area contributed by atoms with Gasteiger partial charge in [-0.2, -0.15) is 0 Å². The molecule has 1 amide bonds. The molecule has 0 bridgehead atoms. The van der Waals surface area contributed by atoms with Gasteiger partial charge in [-0.05, 0) is 19.1 Å². The maximum atomic E-state index is 12.3. The second-order valence-electron chi connectivity index (χ2n) is 4.83. The number of hydrogen-bond donors (Lipinski definition) is 2. The van der Waals surface area contributed by atoms with Crippen LogP contribution in [0.2, 0.25) is 0 Å². The van der Waals surface area contributed by atoms with Gasteiger partial charge in [0.05, 0.1) is 24.6 Å². The van der Waals surface area contributed by atoms with Crippen LogP contribution in [0.1, 0.15) is 17.3 Å². The van der Waals surface area contributed by atoms with Crippen molar-refractivity contribution in [1.29, 1.82) is 0 Å². The highest BCUT2D eigenvalue weighted by molar-refractivity contribution is 6.04. The van der Waals surface area contributed by atoms with Gasteiger partial charge in [0.15, 0.2) is 0 Å². The molecular weight excluding hydrogens is 288 g/mol. The molecule has 1 aromatic heterocycles. The molecule has 0 spiro atoms. The first-order chi connectivity index (χ1) is 10.4. The van der Waals surface area contributed by atoms with E-state index < -0.39 is 22.8 Å². The topological polar surface area (TPSA) is 97.6 Å². The summed E-state index contributed by atoms with van der Waals surface area (Å²) in [6.07, 6.45) is 0. The van der Waals surface area contributed by atoms with E-state index in [0.29, 0.717) is 11.3 Å². The number of benzene rings is 1. The van der Waals surface area contributed by atoms with Gasteiger partial charge in [0.2, 0.25) is 0 Å². The van der Waals surface area contributed by atoms with Gasteiger partial charge in [-0.15, -0.1) is 0 Å². The third kappa shape index (κ3) is 2.52. The molecule has 7 nitrogen and oxygen atoms in total. The Labute approximate surface area is 126 Å². The zero-order chi connectivity index (χ0) is 16.4. The average Bonchev–Trinajstić information content (AvgIpc) is 2.50. The summed E-state index contributed by atoms with van der Waals surface area (Å²) in [5.41, 5.74) is -0.634. The van der Waals surface area contributed by atoms with Crippen LogP contribution in [0.3, 0.4) is 0 Å². The molecule has 1 heterocycles. The van der Waals surface area contributed by atoms with Crippen LogP contribution >= 0.6 is 0 Å². The Balaban J connectivity index is 2.72. The summed E-state index contributed by atoms with van der Waals surface area (Å²) >= 11 is 0. The molecule has 2 rings (SSSR count). The summed E-state index contributed by atoms with van der Waals surface area (Å²) in [5.74, 6) is -1.19. The molecule has 0 unspecified atom stereocenters. The Morgan fingerprint density at radius 3 is 2.64 bits per heavy atom. The second kappa shape index (κ2) is 5.88. The van der Waals surface area contributed by atoms with Gasteiger partial charge < -0.3 is 19.7 Å². The normalized spacial score (nSPS) is 10.5. The molecule has 0 atom stereocenters. The Morgan fingerprint density at radius 2 is 2.05 bits per heavy atom. The van der Waals surface area contributed by atoms with Gasteiger partial charge in [-0.25, -0.2) is 0 Å². The average molecular weight is 304 g/mol. The molecule has 0 saturated heterocycles. The van der Waals surface area contributed by atoms with Crippen molar-refractivity contribution in [1.82, 2.24) is 9.88 Å². The molecule has 2 N–H and O–H groups in total. The van der Waals surface area contributed by atoms with E-state index in [1.165, 1.54) is 25.6 Å². The van der Waals surface area contributed by atoms with Crippen LogP contribution < -0.4 is 15.6 Å². The fraction of sp³-hybridized carbons (Fsp3) is 0.267. The van der Waals surface area contributed by atoms with E-state index in [9.17, 15) is 19.5 Å². The van der Waals surface area contributed by atoms with Gasteiger partial charge in [0.25, 0.3) is 11.5 Å². The number of Topliss-reactive ketones (excluding diaryl/α,β-unsaturated/α-hetero) is 1. The number of aromatic nitrogens is 1. The van der Waals surface area contributed by atoms with Gasteiger partial charge in [0, 0.05) is 7.05 Å². The fourth-order valence-electron chi connectivity index (χ4n) is 2.21. The number of nitrogens with one attached hydrogen (secondary N) is 1. The first-order valence-electron chi connectivity index (χ1n) is 6.54. The predicted octanol–water partition coefficient (Wildman–Crippen LogP) is 0.571. The van der Waals surface area contributed by atoms with Gasteiger partial charge in [-0.3, -0.25) is 14.4 Å². The summed E-state index contributed by atoms with van der Waals surface area (Å²) in [6.45, 7) is 1.09. The lowest BCUT2D eigenvalue weighted by molar-refractivity contribution is -0.116. The van der Waals surface area contributed by atoms with Crippen molar-refractivity contribution >= 4 is 22.6 Å². The zero-order valence-corrected chi connectivity index (χ0v) is 12.5. The molecule has 0 fully saturated rings. The molecule has 2 aromatic rings. The SMILES string of the molecule is COc1cccc2c1c(O)c(C(=O)NCC(C)=O)c(=O)n2C. The highest BCUT2D eigenvalue weighted by atomic mass is 16.5. The smallest absolute Gasteiger partial charge is 0.267 e. The van der Waals surface area contributed by atoms with E-state index in [-0.39, 0.29) is 17.7 Å². The number of aryl methyl sites for hydroxylation is 1. The van der Waals surface area contributed by atoms with Crippen molar-refractivity contribution in [2.75, 3.05) is 13.7 Å². The number of aromatic hydroxyl groups is 1. The lowest BCUT2D eigenvalue weighted by Crippen LogP contribution is -2.34. The monoisotopic (exact) mass is 304 g/mol. The first-order valence-corrected chi connectivity index (χ1v) is 6.54. The summed E-state index contributed by atoms with van der Waals surface area (Å²) in [4.78, 5) is 35.4. The van der Waals surface area contributed by atoms with Crippen molar-refractivity contribution in [3.63, 3.8) is 0 Å². The van der Waals surface area contributed by atoms with E-state index in [4.69, 9.17) is 4.74 Å². The molecule has 0 saturated carbocycles. The molecule has 0 aliphatic carbocycles. The van der Waals surface area contributed by atoms with Gasteiger partial charge in [0.1, 0.15) is 22.8 Å². The fourth-order valence-corrected chi connectivity index (χ4v) is 2.21. The molecule has 0 aliphatic rings. The number of rotatable bonds is 4. The maximum absolute atomic E-state index is 12.3. The predicted molar refractivity (Wildman–Crippen MR) is 80.4 cm³/mol. The summed E-state index contributed by atoms with van der Waals surface area (Å²) in [6, 6.07) is 4.93. The number of fused-ring (bicyclic) bond motifs is 1. The van der Waals surface area contributed by atoms with Crippen LogP contribution in [0.15, 0.2) is 23.0 Å². The summed E-state index contributed by atoms with van der Waals surface area (Å²) in [7, 11) is 2.92. The standard InChI is InChI=1S/C15H16N2O5/c1-8(18)7-16-14(20)12-13(19)11-9(17(2)15(12)21)5-4-6-10(11)22-3/h4-6,19H,7H2,1-3H3,(H,16,20). The van der Waals surface area contributed by atoms with E-state index in [1.807, 2.05) is 0 Å². The van der Waals surface area contributed by atoms with Crippen molar-refractivity contribution in [3.05, 3.63) is 34.1 Å². The molecule has 0 aliphatic heterocycles. The number of hydrogen-bond acceptors (Lipinski definition) is 5. The van der Waals surface area contributed by atoms with Crippen molar-refractivity contribution in [2.45, 2.75) is 6.92 Å². The molecular formula is C15H16N2O5. The van der Waals surface area contributed by atoms with E-state index in [0.717, 1.165) is 0 Å². The van der Waals surface area contributed by atoms with Crippen LogP contribution in [0.5, 0.6) is 11.5 Å². The second-order valence-corrected chi connectivity index (χ2v) is 4.83. The first kappa shape index (κ1) is 15.6. The molecule has 1 aromatic carbocycles. The molecule has 0 radical (unpaired) electrons. The highest BCUT2D eigenvalue weighted by Crippen LogP contribution is 2.33. The number of nitrogens with zero attached hydrogens (tertiary/aromatic N) is 1. The summed E-state index contributed by atoms with van der Waals surface area (Å²) < 4.78 is 6.43. The molecule has 22 heavy (non-hydrogen) atoms. The van der Waals surface area contributed by atoms with Crippen molar-refractivity contribution in [3.8, 4) is 11.5 Å². The summed E-state index contributed by atoms with van der Waals surface area (Å²) in [5, 5.41) is 12.9. The largest absolute Gasteiger partial charge is 0.506 e. The lowest BCUT2D eigenvalue weighted by atomic mass is 10.1. The van der Waals surface area contributed by atoms with Crippen LogP contribution in [-0.2, 0) is 11.8 Å². The van der Waals surface area contributed by atoms with Crippen LogP contribution in [0.25, 0.3) is 10.9 Å². The van der Waals surface area contributed by atoms with E-state index in [1.54, 1.807) is 18.2 Å². The van der Waals surface area contributed by atoms with E-state index >= 15 is 0 Å². The number of methoxy groups -OCH3 is 1. The Kier molecular flexibility index (Phi) is 4.16.